The van der Waals surface area contributed by atoms with Crippen molar-refractivity contribution in [3.05, 3.63) is 0 Å². The van der Waals surface area contributed by atoms with Gasteiger partial charge in [-0.05, 0) is 32.6 Å². The highest BCUT2D eigenvalue weighted by Gasteiger charge is 2.42. The predicted octanol–water partition coefficient (Wildman–Crippen LogP) is 0.758. The Bertz CT molecular complexity index is 453. The maximum absolute atomic E-state index is 12.0. The largest absolute Gasteiger partial charge is 0.324 e. The maximum atomic E-state index is 12.0. The van der Waals surface area contributed by atoms with Crippen LogP contribution in [0.25, 0.3) is 0 Å². The Balaban J connectivity index is 2.14. The molecule has 1 atom stereocenters. The lowest BCUT2D eigenvalue weighted by Gasteiger charge is -2.34. The van der Waals surface area contributed by atoms with E-state index in [9.17, 15) is 13.2 Å². The van der Waals surface area contributed by atoms with Gasteiger partial charge < -0.3 is 4.90 Å². The Morgan fingerprint density at radius 1 is 1.32 bits per heavy atom. The van der Waals surface area contributed by atoms with E-state index in [1.165, 1.54) is 19.1 Å². The van der Waals surface area contributed by atoms with Crippen molar-refractivity contribution in [2.75, 3.05) is 19.3 Å². The molecule has 1 saturated heterocycles. The predicted molar refractivity (Wildman–Crippen MR) is 74.4 cm³/mol. The highest BCUT2D eigenvalue weighted by atomic mass is 32.2. The lowest BCUT2D eigenvalue weighted by atomic mass is 10.0. The molecule has 0 aromatic carbocycles. The Morgan fingerprint density at radius 3 is 2.42 bits per heavy atom. The normalized spacial score (nSPS) is 26.4. The van der Waals surface area contributed by atoms with Gasteiger partial charge in [0.15, 0.2) is 9.84 Å². The Hall–Kier alpha value is -0.620. The van der Waals surface area contributed by atoms with E-state index in [0.29, 0.717) is 12.5 Å². The fraction of sp³-hybridized carbons (Fsp3) is 0.923. The molecule has 1 aliphatic heterocycles. The number of hydrogen-bond donors (Lipinski definition) is 1. The van der Waals surface area contributed by atoms with Crippen LogP contribution in [-0.2, 0) is 14.6 Å². The summed E-state index contributed by atoms with van der Waals surface area (Å²) >= 11 is 0. The third-order valence-corrected chi connectivity index (χ3v) is 6.66. The van der Waals surface area contributed by atoms with Crippen LogP contribution < -0.4 is 5.32 Å². The summed E-state index contributed by atoms with van der Waals surface area (Å²) in [6.45, 7) is 4.00. The van der Waals surface area contributed by atoms with Gasteiger partial charge in [0, 0.05) is 12.8 Å². The molecule has 6 heteroatoms. The van der Waals surface area contributed by atoms with Crippen LogP contribution in [0.5, 0.6) is 0 Å². The second-order valence-corrected chi connectivity index (χ2v) is 9.07. The lowest BCUT2D eigenvalue weighted by molar-refractivity contribution is -0.129. The summed E-state index contributed by atoms with van der Waals surface area (Å²) in [5, 5.41) is 3.25. The Morgan fingerprint density at radius 2 is 1.89 bits per heavy atom. The van der Waals surface area contributed by atoms with Gasteiger partial charge >= 0.3 is 0 Å². The van der Waals surface area contributed by atoms with Crippen molar-refractivity contribution in [1.29, 1.82) is 0 Å². The summed E-state index contributed by atoms with van der Waals surface area (Å²) in [5.74, 6) is 0.496. The molecule has 1 heterocycles. The van der Waals surface area contributed by atoms with Gasteiger partial charge in [-0.15, -0.1) is 0 Å². The van der Waals surface area contributed by atoms with E-state index in [1.54, 1.807) is 18.7 Å². The zero-order valence-electron chi connectivity index (χ0n) is 12.0. The van der Waals surface area contributed by atoms with Crippen LogP contribution in [0.1, 0.15) is 39.5 Å². The van der Waals surface area contributed by atoms with Crippen molar-refractivity contribution in [2.45, 2.75) is 50.4 Å². The van der Waals surface area contributed by atoms with E-state index in [0.717, 1.165) is 12.8 Å². The maximum Gasteiger partial charge on any atom is 0.237 e. The number of sulfone groups is 1. The Labute approximate surface area is 115 Å². The van der Waals surface area contributed by atoms with Crippen LogP contribution in [0.15, 0.2) is 0 Å². The molecule has 1 unspecified atom stereocenters. The third-order valence-electron chi connectivity index (χ3n) is 4.52. The van der Waals surface area contributed by atoms with Gasteiger partial charge in [-0.3, -0.25) is 10.1 Å². The molecule has 0 radical (unpaired) electrons. The standard InChI is InChI=1S/C13H24N2O3S/c1-13(2,19(3,17)18)9-15-11(16)8-14-12(15)10-6-4-5-7-10/h10,12,14H,4-9H2,1-3H3. The molecule has 1 aliphatic carbocycles. The second-order valence-electron chi connectivity index (χ2n) is 6.42. The Kier molecular flexibility index (Phi) is 3.93. The zero-order chi connectivity index (χ0) is 14.3. The van der Waals surface area contributed by atoms with E-state index in [-0.39, 0.29) is 18.6 Å². The minimum Gasteiger partial charge on any atom is -0.324 e. The third kappa shape index (κ3) is 2.94. The van der Waals surface area contributed by atoms with Crippen molar-refractivity contribution >= 4 is 15.7 Å². The molecule has 1 amide bonds. The van der Waals surface area contributed by atoms with Crippen molar-refractivity contribution in [3.8, 4) is 0 Å². The minimum atomic E-state index is -3.18. The molecule has 110 valence electrons. The van der Waals surface area contributed by atoms with Crippen LogP contribution >= 0.6 is 0 Å². The van der Waals surface area contributed by atoms with Crippen molar-refractivity contribution in [2.24, 2.45) is 5.92 Å². The summed E-state index contributed by atoms with van der Waals surface area (Å²) < 4.78 is 22.7. The highest BCUT2D eigenvalue weighted by Crippen LogP contribution is 2.32. The molecule has 2 rings (SSSR count). The van der Waals surface area contributed by atoms with Crippen molar-refractivity contribution in [1.82, 2.24) is 10.2 Å². The van der Waals surface area contributed by atoms with Crippen LogP contribution in [0, 0.1) is 5.92 Å². The number of carbonyl (C=O) groups is 1. The number of rotatable bonds is 4. The van der Waals surface area contributed by atoms with Crippen LogP contribution in [0.3, 0.4) is 0 Å². The molecule has 0 aromatic rings. The molecule has 2 fully saturated rings. The van der Waals surface area contributed by atoms with Gasteiger partial charge in [0.1, 0.15) is 0 Å². The van der Waals surface area contributed by atoms with Crippen LogP contribution in [0.2, 0.25) is 0 Å². The first-order valence-electron chi connectivity index (χ1n) is 6.95. The second kappa shape index (κ2) is 5.05. The number of nitrogens with zero attached hydrogens (tertiary/aromatic N) is 1. The monoisotopic (exact) mass is 288 g/mol. The summed E-state index contributed by atoms with van der Waals surface area (Å²) in [5.41, 5.74) is 0. The van der Waals surface area contributed by atoms with E-state index < -0.39 is 14.6 Å². The molecule has 1 saturated carbocycles. The van der Waals surface area contributed by atoms with Crippen LogP contribution in [-0.4, -0.2) is 49.5 Å². The fourth-order valence-electron chi connectivity index (χ4n) is 2.97. The first kappa shape index (κ1) is 14.8. The molecule has 5 nitrogen and oxygen atoms in total. The summed E-state index contributed by atoms with van der Waals surface area (Å²) in [4.78, 5) is 13.8. The molecule has 2 aliphatic rings. The molecular formula is C13H24N2O3S. The van der Waals surface area contributed by atoms with Gasteiger partial charge in [0.25, 0.3) is 0 Å². The molecule has 19 heavy (non-hydrogen) atoms. The average molecular weight is 288 g/mol. The van der Waals surface area contributed by atoms with E-state index in [4.69, 9.17) is 0 Å². The number of amides is 1. The van der Waals surface area contributed by atoms with Gasteiger partial charge in [0.05, 0.1) is 17.5 Å². The van der Waals surface area contributed by atoms with Crippen molar-refractivity contribution in [3.63, 3.8) is 0 Å². The van der Waals surface area contributed by atoms with Gasteiger partial charge in [-0.1, -0.05) is 12.8 Å². The average Bonchev–Trinajstić information content (AvgIpc) is 2.88. The summed E-state index contributed by atoms with van der Waals surface area (Å²) in [6.07, 6.45) is 5.93. The molecule has 0 bridgehead atoms. The lowest BCUT2D eigenvalue weighted by Crippen LogP contribution is -2.51. The smallest absolute Gasteiger partial charge is 0.237 e. The molecule has 0 aromatic heterocycles. The van der Waals surface area contributed by atoms with E-state index in [2.05, 4.69) is 5.32 Å². The van der Waals surface area contributed by atoms with Crippen LogP contribution in [0.4, 0.5) is 0 Å². The first-order valence-corrected chi connectivity index (χ1v) is 8.84. The quantitative estimate of drug-likeness (QED) is 0.829. The van der Waals surface area contributed by atoms with Gasteiger partial charge in [0.2, 0.25) is 5.91 Å². The highest BCUT2D eigenvalue weighted by molar-refractivity contribution is 7.92. The number of carbonyl (C=O) groups excluding carboxylic acids is 1. The van der Waals surface area contributed by atoms with E-state index in [1.807, 2.05) is 0 Å². The topological polar surface area (TPSA) is 66.5 Å². The summed E-state index contributed by atoms with van der Waals surface area (Å²) in [7, 11) is -3.18. The molecule has 1 N–H and O–H groups in total. The van der Waals surface area contributed by atoms with E-state index >= 15 is 0 Å². The molecular weight excluding hydrogens is 264 g/mol. The number of hydrogen-bond acceptors (Lipinski definition) is 4. The number of nitrogens with one attached hydrogen (secondary N) is 1. The first-order chi connectivity index (χ1) is 8.72. The minimum absolute atomic E-state index is 0.0219. The SMILES string of the molecule is CC(C)(CN1C(=O)CNC1C1CCCC1)S(C)(=O)=O. The van der Waals surface area contributed by atoms with Crippen molar-refractivity contribution < 1.29 is 13.2 Å². The fourth-order valence-corrected chi connectivity index (χ4v) is 3.34. The van der Waals surface area contributed by atoms with Gasteiger partial charge in [-0.25, -0.2) is 8.42 Å². The summed E-state index contributed by atoms with van der Waals surface area (Å²) in [6, 6.07) is 0. The van der Waals surface area contributed by atoms with Gasteiger partial charge in [-0.2, -0.15) is 0 Å². The molecule has 0 spiro atoms. The zero-order valence-corrected chi connectivity index (χ0v) is 12.8.